The largest absolute Gasteiger partial charge is 0.367 e. The van der Waals surface area contributed by atoms with Crippen LogP contribution in [0.4, 0.5) is 11.4 Å². The van der Waals surface area contributed by atoms with Gasteiger partial charge in [0, 0.05) is 38.6 Å². The minimum absolute atomic E-state index is 0.0571. The van der Waals surface area contributed by atoms with Gasteiger partial charge in [-0.3, -0.25) is 9.48 Å². The van der Waals surface area contributed by atoms with Gasteiger partial charge in [0.1, 0.15) is 6.04 Å². The number of nitrogens with one attached hydrogen (secondary N) is 1. The molecule has 1 fully saturated rings. The molecule has 0 aliphatic carbocycles. The summed E-state index contributed by atoms with van der Waals surface area (Å²) in [4.78, 5) is 17.3. The summed E-state index contributed by atoms with van der Waals surface area (Å²) in [6.07, 6.45) is 3.49. The number of benzene rings is 1. The van der Waals surface area contributed by atoms with Crippen molar-refractivity contribution in [2.75, 3.05) is 42.9 Å². The van der Waals surface area contributed by atoms with Crippen LogP contribution < -0.4 is 10.2 Å². The Morgan fingerprint density at radius 3 is 2.62 bits per heavy atom. The summed E-state index contributed by atoms with van der Waals surface area (Å²) in [7, 11) is 0. The Bertz CT molecular complexity index is 662. The fraction of sp³-hybridized carbons (Fsp3) is 0.444. The minimum Gasteiger partial charge on any atom is -0.367 e. The highest BCUT2D eigenvalue weighted by Crippen LogP contribution is 2.27. The quantitative estimate of drug-likeness (QED) is 0.915. The first-order chi connectivity index (χ1) is 11.7. The lowest BCUT2D eigenvalue weighted by Crippen LogP contribution is -2.46. The summed E-state index contributed by atoms with van der Waals surface area (Å²) < 4.78 is 1.66. The fourth-order valence-electron chi connectivity index (χ4n) is 3.03. The molecule has 1 aromatic carbocycles. The summed E-state index contributed by atoms with van der Waals surface area (Å²) in [5.74, 6) is -0.0571. The molecule has 3 rings (SSSR count). The Hall–Kier alpha value is -2.34. The van der Waals surface area contributed by atoms with E-state index in [1.54, 1.807) is 17.1 Å². The maximum atomic E-state index is 12.5. The number of aromatic nitrogens is 2. The van der Waals surface area contributed by atoms with Crippen LogP contribution in [-0.4, -0.2) is 53.3 Å². The van der Waals surface area contributed by atoms with Crippen LogP contribution in [0, 0.1) is 0 Å². The van der Waals surface area contributed by atoms with Gasteiger partial charge in [-0.05, 0) is 31.7 Å². The van der Waals surface area contributed by atoms with E-state index in [1.807, 2.05) is 31.2 Å². The van der Waals surface area contributed by atoms with E-state index in [0.717, 1.165) is 44.1 Å². The second kappa shape index (κ2) is 7.49. The molecule has 0 spiro atoms. The van der Waals surface area contributed by atoms with E-state index in [9.17, 15) is 4.79 Å². The Morgan fingerprint density at radius 2 is 1.96 bits per heavy atom. The Kier molecular flexibility index (Phi) is 5.15. The minimum atomic E-state index is -0.343. The lowest BCUT2D eigenvalue weighted by Gasteiger charge is -2.36. The number of carbonyl (C=O) groups excluding carboxylic acids is 1. The summed E-state index contributed by atoms with van der Waals surface area (Å²) in [6.45, 7) is 9.22. The van der Waals surface area contributed by atoms with Gasteiger partial charge in [0.25, 0.3) is 0 Å². The van der Waals surface area contributed by atoms with Gasteiger partial charge >= 0.3 is 0 Å². The van der Waals surface area contributed by atoms with E-state index < -0.39 is 0 Å². The van der Waals surface area contributed by atoms with Gasteiger partial charge in [0.05, 0.1) is 11.4 Å². The highest BCUT2D eigenvalue weighted by molar-refractivity contribution is 5.96. The van der Waals surface area contributed by atoms with Crippen LogP contribution in [0.15, 0.2) is 42.7 Å². The van der Waals surface area contributed by atoms with E-state index in [1.165, 1.54) is 0 Å². The third kappa shape index (κ3) is 3.59. The van der Waals surface area contributed by atoms with Crippen molar-refractivity contribution in [1.29, 1.82) is 0 Å². The average molecular weight is 327 g/mol. The Morgan fingerprint density at radius 1 is 1.21 bits per heavy atom. The topological polar surface area (TPSA) is 53.4 Å². The molecule has 1 saturated heterocycles. The van der Waals surface area contributed by atoms with E-state index in [0.29, 0.717) is 0 Å². The van der Waals surface area contributed by atoms with Crippen molar-refractivity contribution in [3.8, 4) is 0 Å². The number of piperazine rings is 1. The molecule has 1 amide bonds. The first kappa shape index (κ1) is 16.5. The SMILES string of the molecule is CCN1CCN(c2ccccc2NC(=O)C(C)n2cccn2)CC1. The maximum absolute atomic E-state index is 12.5. The second-order valence-corrected chi connectivity index (χ2v) is 6.09. The summed E-state index contributed by atoms with van der Waals surface area (Å²) >= 11 is 0. The molecule has 1 aromatic heterocycles. The van der Waals surface area contributed by atoms with E-state index >= 15 is 0 Å². The third-order valence-corrected chi connectivity index (χ3v) is 4.62. The molecule has 1 aliphatic heterocycles. The van der Waals surface area contributed by atoms with E-state index in [4.69, 9.17) is 0 Å². The van der Waals surface area contributed by atoms with E-state index in [2.05, 4.69) is 33.2 Å². The summed E-state index contributed by atoms with van der Waals surface area (Å²) in [6, 6.07) is 9.51. The third-order valence-electron chi connectivity index (χ3n) is 4.62. The van der Waals surface area contributed by atoms with Gasteiger partial charge < -0.3 is 15.1 Å². The number of nitrogens with zero attached hydrogens (tertiary/aromatic N) is 4. The molecule has 2 heterocycles. The van der Waals surface area contributed by atoms with Gasteiger partial charge in [-0.1, -0.05) is 19.1 Å². The lowest BCUT2D eigenvalue weighted by atomic mass is 10.2. The van der Waals surface area contributed by atoms with Gasteiger partial charge in [0.2, 0.25) is 5.91 Å². The van der Waals surface area contributed by atoms with Crippen molar-refractivity contribution < 1.29 is 4.79 Å². The Balaban J connectivity index is 1.71. The molecule has 0 saturated carbocycles. The Labute approximate surface area is 143 Å². The van der Waals surface area contributed by atoms with Crippen LogP contribution >= 0.6 is 0 Å². The number of hydrogen-bond donors (Lipinski definition) is 1. The number of carbonyl (C=O) groups is 1. The van der Waals surface area contributed by atoms with Crippen molar-refractivity contribution in [3.05, 3.63) is 42.7 Å². The number of hydrogen-bond acceptors (Lipinski definition) is 4. The maximum Gasteiger partial charge on any atom is 0.249 e. The normalized spacial score (nSPS) is 16.8. The van der Waals surface area contributed by atoms with Crippen molar-refractivity contribution in [2.24, 2.45) is 0 Å². The highest BCUT2D eigenvalue weighted by atomic mass is 16.2. The monoisotopic (exact) mass is 327 g/mol. The van der Waals surface area contributed by atoms with Gasteiger partial charge in [-0.25, -0.2) is 0 Å². The van der Waals surface area contributed by atoms with Crippen molar-refractivity contribution in [1.82, 2.24) is 14.7 Å². The predicted molar refractivity (Wildman–Crippen MR) is 96.3 cm³/mol. The summed E-state index contributed by atoms with van der Waals surface area (Å²) in [5.41, 5.74) is 1.96. The molecule has 24 heavy (non-hydrogen) atoms. The number of para-hydroxylation sites is 2. The number of anilines is 2. The van der Waals surface area contributed by atoms with Crippen molar-refractivity contribution in [3.63, 3.8) is 0 Å². The lowest BCUT2D eigenvalue weighted by molar-refractivity contribution is -0.119. The summed E-state index contributed by atoms with van der Waals surface area (Å²) in [5, 5.41) is 7.21. The van der Waals surface area contributed by atoms with Crippen LogP contribution in [0.3, 0.4) is 0 Å². The zero-order valence-corrected chi connectivity index (χ0v) is 14.4. The van der Waals surface area contributed by atoms with E-state index in [-0.39, 0.29) is 11.9 Å². The second-order valence-electron chi connectivity index (χ2n) is 6.09. The number of rotatable bonds is 5. The van der Waals surface area contributed by atoms with Crippen LogP contribution in [-0.2, 0) is 4.79 Å². The molecule has 0 bridgehead atoms. The first-order valence-corrected chi connectivity index (χ1v) is 8.55. The molecule has 1 N–H and O–H groups in total. The fourth-order valence-corrected chi connectivity index (χ4v) is 3.03. The van der Waals surface area contributed by atoms with Crippen LogP contribution in [0.5, 0.6) is 0 Å². The average Bonchev–Trinajstić information content (AvgIpc) is 3.16. The number of likely N-dealkylation sites (N-methyl/N-ethyl adjacent to an activating group) is 1. The molecule has 1 unspecified atom stereocenters. The molecule has 2 aromatic rings. The standard InChI is InChI=1S/C18H25N5O/c1-3-21-11-13-22(14-12-21)17-8-5-4-7-16(17)20-18(24)15(2)23-10-6-9-19-23/h4-10,15H,3,11-14H2,1-2H3,(H,20,24). The molecule has 128 valence electrons. The molecule has 6 heteroatoms. The van der Waals surface area contributed by atoms with Crippen LogP contribution in [0.25, 0.3) is 0 Å². The molecular weight excluding hydrogens is 302 g/mol. The molecule has 1 aliphatic rings. The predicted octanol–water partition coefficient (Wildman–Crippen LogP) is 2.22. The highest BCUT2D eigenvalue weighted by Gasteiger charge is 2.20. The molecule has 1 atom stereocenters. The van der Waals surface area contributed by atoms with Crippen molar-refractivity contribution >= 4 is 17.3 Å². The molecule has 6 nitrogen and oxygen atoms in total. The van der Waals surface area contributed by atoms with Gasteiger partial charge in [-0.2, -0.15) is 5.10 Å². The van der Waals surface area contributed by atoms with Gasteiger partial charge in [-0.15, -0.1) is 0 Å². The first-order valence-electron chi connectivity index (χ1n) is 8.55. The zero-order chi connectivity index (χ0) is 16.9. The van der Waals surface area contributed by atoms with Crippen LogP contribution in [0.1, 0.15) is 19.9 Å². The zero-order valence-electron chi connectivity index (χ0n) is 14.4. The molecule has 0 radical (unpaired) electrons. The van der Waals surface area contributed by atoms with Gasteiger partial charge in [0.15, 0.2) is 0 Å². The molecular formula is C18H25N5O. The number of amides is 1. The van der Waals surface area contributed by atoms with Crippen molar-refractivity contribution in [2.45, 2.75) is 19.9 Å². The smallest absolute Gasteiger partial charge is 0.249 e. The van der Waals surface area contributed by atoms with Crippen LogP contribution in [0.2, 0.25) is 0 Å².